The fourth-order valence-corrected chi connectivity index (χ4v) is 3.88. The number of carbonyl (C=O) groups excluding carboxylic acids is 3. The molecule has 0 saturated heterocycles. The Balaban J connectivity index is 1.78. The second kappa shape index (κ2) is 8.99. The molecular formula is C21H26N2O5. The molecule has 28 heavy (non-hydrogen) atoms. The number of ether oxygens (including phenoxy) is 2. The maximum absolute atomic E-state index is 12.9. The van der Waals surface area contributed by atoms with Gasteiger partial charge in [0.15, 0.2) is 0 Å². The topological polar surface area (TPSA) is 94.1 Å². The molecule has 2 aliphatic rings. The van der Waals surface area contributed by atoms with Crippen molar-refractivity contribution in [3.63, 3.8) is 0 Å². The van der Waals surface area contributed by atoms with Crippen molar-refractivity contribution in [1.29, 1.82) is 0 Å². The van der Waals surface area contributed by atoms with E-state index in [1.165, 1.54) is 26.2 Å². The van der Waals surface area contributed by atoms with Gasteiger partial charge in [-0.2, -0.15) is 0 Å². The number of nitrogens with zero attached hydrogens (tertiary/aromatic N) is 1. The number of urea groups is 1. The summed E-state index contributed by atoms with van der Waals surface area (Å²) < 4.78 is 10.7. The Morgan fingerprint density at radius 3 is 2.68 bits per heavy atom. The molecule has 3 rings (SSSR count). The molecule has 1 aliphatic heterocycles. The van der Waals surface area contributed by atoms with Crippen molar-refractivity contribution in [1.82, 2.24) is 5.32 Å². The Labute approximate surface area is 164 Å². The lowest BCUT2D eigenvalue weighted by atomic mass is 9.87. The van der Waals surface area contributed by atoms with Crippen LogP contribution in [0.1, 0.15) is 57.6 Å². The van der Waals surface area contributed by atoms with E-state index in [1.807, 2.05) is 0 Å². The fraction of sp³-hybridized carbons (Fsp3) is 0.524. The van der Waals surface area contributed by atoms with E-state index >= 15 is 0 Å². The smallest absolute Gasteiger partial charge is 0.341 e. The van der Waals surface area contributed by atoms with Gasteiger partial charge in [-0.25, -0.2) is 9.79 Å². The summed E-state index contributed by atoms with van der Waals surface area (Å²) in [6.07, 6.45) is 5.75. The zero-order chi connectivity index (χ0) is 20.1. The average Bonchev–Trinajstić information content (AvgIpc) is 2.66. The van der Waals surface area contributed by atoms with E-state index < -0.39 is 29.9 Å². The van der Waals surface area contributed by atoms with E-state index in [1.54, 1.807) is 31.2 Å². The average molecular weight is 386 g/mol. The molecule has 150 valence electrons. The molecule has 1 heterocycles. The summed E-state index contributed by atoms with van der Waals surface area (Å²) in [6, 6.07) is 5.65. The van der Waals surface area contributed by atoms with Gasteiger partial charge in [0.1, 0.15) is 11.7 Å². The molecule has 2 amide bonds. The van der Waals surface area contributed by atoms with Gasteiger partial charge >= 0.3 is 18.0 Å². The number of rotatable bonds is 5. The van der Waals surface area contributed by atoms with Crippen LogP contribution < -0.4 is 10.1 Å². The Bertz CT molecular complexity index is 783. The maximum atomic E-state index is 12.9. The molecule has 0 aromatic heterocycles. The van der Waals surface area contributed by atoms with Gasteiger partial charge in [0, 0.05) is 12.6 Å². The molecule has 2 unspecified atom stereocenters. The minimum Gasteiger partial charge on any atom is -0.465 e. The Hall–Kier alpha value is -2.70. The monoisotopic (exact) mass is 386 g/mol. The van der Waals surface area contributed by atoms with Gasteiger partial charge < -0.3 is 14.8 Å². The summed E-state index contributed by atoms with van der Waals surface area (Å²) in [6.45, 7) is 3.38. The predicted octanol–water partition coefficient (Wildman–Crippen LogP) is 3.58. The molecule has 2 atom stereocenters. The molecule has 1 aromatic rings. The first-order valence-electron chi connectivity index (χ1n) is 9.74. The van der Waals surface area contributed by atoms with E-state index in [9.17, 15) is 14.4 Å². The van der Waals surface area contributed by atoms with Crippen molar-refractivity contribution >= 4 is 23.7 Å². The lowest BCUT2D eigenvalue weighted by Crippen LogP contribution is -2.44. The largest absolute Gasteiger partial charge is 0.465 e. The van der Waals surface area contributed by atoms with Crippen molar-refractivity contribution in [3.05, 3.63) is 29.8 Å². The minimum absolute atomic E-state index is 0.355. The highest BCUT2D eigenvalue weighted by atomic mass is 16.5. The molecule has 1 aromatic carbocycles. The van der Waals surface area contributed by atoms with Gasteiger partial charge in [-0.05, 0) is 43.4 Å². The van der Waals surface area contributed by atoms with Crippen LogP contribution in [0.4, 0.5) is 4.79 Å². The number of hydrogen-bond acceptors (Lipinski definition) is 5. The van der Waals surface area contributed by atoms with Gasteiger partial charge in [0.25, 0.3) is 0 Å². The molecule has 1 fully saturated rings. The van der Waals surface area contributed by atoms with Crippen molar-refractivity contribution in [2.45, 2.75) is 52.0 Å². The van der Waals surface area contributed by atoms with Crippen LogP contribution >= 0.6 is 0 Å². The van der Waals surface area contributed by atoms with Crippen LogP contribution in [0.25, 0.3) is 0 Å². The van der Waals surface area contributed by atoms with Crippen molar-refractivity contribution < 1.29 is 23.9 Å². The summed E-state index contributed by atoms with van der Waals surface area (Å²) in [5.74, 6) is -0.790. The van der Waals surface area contributed by atoms with E-state index in [4.69, 9.17) is 9.47 Å². The van der Waals surface area contributed by atoms with Gasteiger partial charge in [0.2, 0.25) is 0 Å². The number of nitrogens with one attached hydrogen (secondary N) is 1. The molecule has 0 radical (unpaired) electrons. The van der Waals surface area contributed by atoms with Crippen LogP contribution in [0.2, 0.25) is 0 Å². The number of benzene rings is 1. The molecule has 0 bridgehead atoms. The summed E-state index contributed by atoms with van der Waals surface area (Å²) >= 11 is 0. The van der Waals surface area contributed by atoms with Crippen molar-refractivity contribution in [2.24, 2.45) is 16.8 Å². The van der Waals surface area contributed by atoms with Crippen LogP contribution in [-0.2, 0) is 14.3 Å². The van der Waals surface area contributed by atoms with E-state index in [2.05, 4.69) is 10.3 Å². The lowest BCUT2D eigenvalue weighted by molar-refractivity contribution is -0.148. The van der Waals surface area contributed by atoms with Crippen molar-refractivity contribution in [3.8, 4) is 5.75 Å². The number of carbonyl (C=O) groups is 3. The highest BCUT2D eigenvalue weighted by Gasteiger charge is 2.38. The van der Waals surface area contributed by atoms with Crippen molar-refractivity contribution in [2.75, 3.05) is 6.61 Å². The third-order valence-corrected chi connectivity index (χ3v) is 5.26. The second-order valence-electron chi connectivity index (χ2n) is 7.46. The Morgan fingerprint density at radius 1 is 1.21 bits per heavy atom. The highest BCUT2D eigenvalue weighted by molar-refractivity contribution is 6.08. The first-order valence-corrected chi connectivity index (χ1v) is 9.74. The summed E-state index contributed by atoms with van der Waals surface area (Å²) in [4.78, 5) is 40.0. The van der Waals surface area contributed by atoms with E-state index in [0.29, 0.717) is 29.5 Å². The normalized spacial score (nSPS) is 22.8. The van der Waals surface area contributed by atoms with E-state index in [-0.39, 0.29) is 0 Å². The first-order chi connectivity index (χ1) is 13.4. The number of aliphatic imine (C=N–C) groups is 1. The third kappa shape index (κ3) is 4.97. The standard InChI is InChI=1S/C21H26N2O5/c1-13-18(20(25)27-12-15-7-4-3-5-8-15)19(23-21(26)22-13)16-9-6-10-17(11-16)28-14(2)24/h6,9-11,15,18-19H,3-5,7-8,12H2,1-2H3,(H,23,26). The van der Waals surface area contributed by atoms with Gasteiger partial charge in [-0.15, -0.1) is 0 Å². The zero-order valence-electron chi connectivity index (χ0n) is 16.3. The molecule has 7 heteroatoms. The number of amides is 2. The van der Waals surface area contributed by atoms with Gasteiger partial charge in [-0.3, -0.25) is 9.59 Å². The van der Waals surface area contributed by atoms with Crippen LogP contribution in [0.5, 0.6) is 5.75 Å². The fourth-order valence-electron chi connectivity index (χ4n) is 3.88. The Kier molecular flexibility index (Phi) is 6.44. The molecule has 7 nitrogen and oxygen atoms in total. The van der Waals surface area contributed by atoms with Gasteiger partial charge in [0.05, 0.1) is 12.6 Å². The SMILES string of the molecule is CC(=O)Oc1cccc(C2NC(=O)N=C(C)C2C(=O)OCC2CCCCC2)c1. The van der Waals surface area contributed by atoms with Crippen LogP contribution in [0.3, 0.4) is 0 Å². The number of esters is 2. The Morgan fingerprint density at radius 2 is 1.96 bits per heavy atom. The van der Waals surface area contributed by atoms with Crippen LogP contribution in [0.15, 0.2) is 29.3 Å². The van der Waals surface area contributed by atoms with Crippen LogP contribution in [0, 0.1) is 11.8 Å². The molecular weight excluding hydrogens is 360 g/mol. The minimum atomic E-state index is -0.714. The van der Waals surface area contributed by atoms with Crippen LogP contribution in [-0.4, -0.2) is 30.3 Å². The highest BCUT2D eigenvalue weighted by Crippen LogP contribution is 2.31. The molecule has 1 saturated carbocycles. The molecule has 1 aliphatic carbocycles. The van der Waals surface area contributed by atoms with Gasteiger partial charge in [-0.1, -0.05) is 31.4 Å². The summed E-state index contributed by atoms with van der Waals surface area (Å²) in [7, 11) is 0. The first kappa shape index (κ1) is 20.0. The second-order valence-corrected chi connectivity index (χ2v) is 7.46. The zero-order valence-corrected chi connectivity index (χ0v) is 16.3. The molecule has 0 spiro atoms. The predicted molar refractivity (Wildman–Crippen MR) is 103 cm³/mol. The maximum Gasteiger partial charge on any atom is 0.341 e. The third-order valence-electron chi connectivity index (χ3n) is 5.26. The van der Waals surface area contributed by atoms with E-state index in [0.717, 1.165) is 12.8 Å². The quantitative estimate of drug-likeness (QED) is 0.617. The number of hydrogen-bond donors (Lipinski definition) is 1. The summed E-state index contributed by atoms with van der Waals surface area (Å²) in [5, 5.41) is 2.74. The molecule has 1 N–H and O–H groups in total. The lowest BCUT2D eigenvalue weighted by Gasteiger charge is -2.30. The summed E-state index contributed by atoms with van der Waals surface area (Å²) in [5.41, 5.74) is 1.07.